The van der Waals surface area contributed by atoms with Crippen molar-refractivity contribution in [1.82, 2.24) is 14.6 Å². The molecule has 3 aromatic rings. The van der Waals surface area contributed by atoms with Crippen molar-refractivity contribution in [1.29, 1.82) is 0 Å². The minimum absolute atomic E-state index is 0.0102. The number of amides is 1. The van der Waals surface area contributed by atoms with E-state index in [4.69, 9.17) is 21.1 Å². The number of hydrogen-bond donors (Lipinski definition) is 1. The van der Waals surface area contributed by atoms with Crippen LogP contribution in [0.1, 0.15) is 61.3 Å². The maximum absolute atomic E-state index is 13.8. The quantitative estimate of drug-likeness (QED) is 0.380. The van der Waals surface area contributed by atoms with Gasteiger partial charge in [-0.05, 0) is 50.9 Å². The number of hydrogen-bond acceptors (Lipinski definition) is 8. The van der Waals surface area contributed by atoms with E-state index in [1.54, 1.807) is 13.8 Å². The summed E-state index contributed by atoms with van der Waals surface area (Å²) in [5.74, 6) is -2.22. The van der Waals surface area contributed by atoms with Crippen LogP contribution in [-0.2, 0) is 14.9 Å². The molecule has 33 heavy (non-hydrogen) atoms. The molecule has 0 aliphatic heterocycles. The first-order valence-electron chi connectivity index (χ1n) is 9.71. The fourth-order valence-electron chi connectivity index (χ4n) is 3.02. The summed E-state index contributed by atoms with van der Waals surface area (Å²) in [6.45, 7) is 6.46. The fourth-order valence-corrected chi connectivity index (χ4v) is 4.24. The van der Waals surface area contributed by atoms with Gasteiger partial charge in [0.2, 0.25) is 0 Å². The minimum Gasteiger partial charge on any atom is -0.462 e. The Bertz CT molecular complexity index is 1250. The van der Waals surface area contributed by atoms with Crippen molar-refractivity contribution in [3.8, 4) is 0 Å². The molecule has 1 N–H and O–H groups in total. The number of esters is 2. The SMILES string of the molecule is CCOC(=O)c1sc(NC(=O)c2cc3nc(C)cc(C(F)(F)Cl)n3n2)c(C(=O)OCC)c1C. The number of nitrogens with one attached hydrogen (secondary N) is 1. The van der Waals surface area contributed by atoms with E-state index in [1.807, 2.05) is 0 Å². The van der Waals surface area contributed by atoms with Crippen molar-refractivity contribution in [3.05, 3.63) is 45.2 Å². The van der Waals surface area contributed by atoms with Gasteiger partial charge in [0.25, 0.3) is 5.91 Å². The molecule has 0 saturated heterocycles. The average molecular weight is 501 g/mol. The Hall–Kier alpha value is -3.12. The zero-order valence-corrected chi connectivity index (χ0v) is 19.6. The third-order valence-corrected chi connectivity index (χ3v) is 5.77. The summed E-state index contributed by atoms with van der Waals surface area (Å²) >= 11 is 6.00. The van der Waals surface area contributed by atoms with E-state index in [2.05, 4.69) is 15.4 Å². The molecule has 0 unspecified atom stereocenters. The van der Waals surface area contributed by atoms with Crippen LogP contribution in [0.4, 0.5) is 13.8 Å². The standard InChI is InChI=1S/C20H19ClF2N4O5S/c1-5-31-18(29)14-10(4)15(19(30)32-6-2)33-17(14)25-16(28)11-8-13-24-9(3)7-12(20(21,22)23)27(13)26-11/h7-8H,5-6H2,1-4H3,(H,25,28). The summed E-state index contributed by atoms with van der Waals surface area (Å²) in [6, 6.07) is 2.26. The summed E-state index contributed by atoms with van der Waals surface area (Å²) in [5, 5.41) is 2.68. The molecule has 0 spiro atoms. The smallest absolute Gasteiger partial charge is 0.364 e. The summed E-state index contributed by atoms with van der Waals surface area (Å²) < 4.78 is 38.4. The third kappa shape index (κ3) is 4.96. The van der Waals surface area contributed by atoms with Crippen LogP contribution < -0.4 is 5.32 Å². The summed E-state index contributed by atoms with van der Waals surface area (Å²) in [5.41, 5.74) is -0.409. The van der Waals surface area contributed by atoms with Gasteiger partial charge >= 0.3 is 17.3 Å². The van der Waals surface area contributed by atoms with E-state index in [0.717, 1.165) is 21.9 Å². The number of aromatic nitrogens is 3. The van der Waals surface area contributed by atoms with Gasteiger partial charge < -0.3 is 14.8 Å². The lowest BCUT2D eigenvalue weighted by molar-refractivity contribution is 0.0527. The van der Waals surface area contributed by atoms with Crippen molar-refractivity contribution >= 4 is 51.4 Å². The molecule has 0 aliphatic rings. The van der Waals surface area contributed by atoms with Crippen LogP contribution in [0.15, 0.2) is 12.1 Å². The zero-order chi connectivity index (χ0) is 24.5. The number of nitrogens with zero attached hydrogens (tertiary/aromatic N) is 3. The minimum atomic E-state index is -3.75. The van der Waals surface area contributed by atoms with Crippen LogP contribution in [-0.4, -0.2) is 45.7 Å². The maximum Gasteiger partial charge on any atom is 0.364 e. The molecular formula is C20H19ClF2N4O5S. The van der Waals surface area contributed by atoms with Crippen molar-refractivity contribution in [3.63, 3.8) is 0 Å². The summed E-state index contributed by atoms with van der Waals surface area (Å²) in [4.78, 5) is 41.8. The topological polar surface area (TPSA) is 112 Å². The Kier molecular flexibility index (Phi) is 6.98. The highest BCUT2D eigenvalue weighted by Crippen LogP contribution is 2.35. The van der Waals surface area contributed by atoms with Gasteiger partial charge in [-0.3, -0.25) is 4.79 Å². The predicted molar refractivity (Wildman–Crippen MR) is 116 cm³/mol. The first-order chi connectivity index (χ1) is 15.5. The number of carbonyl (C=O) groups excluding carboxylic acids is 3. The van der Waals surface area contributed by atoms with E-state index < -0.39 is 28.9 Å². The van der Waals surface area contributed by atoms with Gasteiger partial charge in [0.15, 0.2) is 11.3 Å². The lowest BCUT2D eigenvalue weighted by Gasteiger charge is -2.10. The average Bonchev–Trinajstić information content (AvgIpc) is 3.28. The molecule has 176 valence electrons. The van der Waals surface area contributed by atoms with Crippen LogP contribution in [0.2, 0.25) is 0 Å². The van der Waals surface area contributed by atoms with Crippen molar-refractivity contribution in [2.45, 2.75) is 33.1 Å². The molecule has 3 aromatic heterocycles. The van der Waals surface area contributed by atoms with Crippen LogP contribution in [0.25, 0.3) is 5.65 Å². The number of halogens is 3. The highest BCUT2D eigenvalue weighted by atomic mass is 35.5. The second kappa shape index (κ2) is 9.40. The lowest BCUT2D eigenvalue weighted by atomic mass is 10.1. The number of carbonyl (C=O) groups is 3. The molecule has 9 nitrogen and oxygen atoms in total. The number of rotatable bonds is 7. The molecule has 0 radical (unpaired) electrons. The lowest BCUT2D eigenvalue weighted by Crippen LogP contribution is -2.16. The fraction of sp³-hybridized carbons (Fsp3) is 0.350. The van der Waals surface area contributed by atoms with Gasteiger partial charge in [-0.2, -0.15) is 13.9 Å². The molecule has 0 bridgehead atoms. The zero-order valence-electron chi connectivity index (χ0n) is 18.0. The van der Waals surface area contributed by atoms with Gasteiger partial charge in [0, 0.05) is 11.8 Å². The highest BCUT2D eigenvalue weighted by molar-refractivity contribution is 7.18. The second-order valence-corrected chi connectivity index (χ2v) is 8.23. The Labute approximate surface area is 195 Å². The predicted octanol–water partition coefficient (Wildman–Crippen LogP) is 4.30. The highest BCUT2D eigenvalue weighted by Gasteiger charge is 2.33. The second-order valence-electron chi connectivity index (χ2n) is 6.74. The molecule has 0 saturated carbocycles. The number of thiophene rings is 1. The number of ether oxygens (including phenoxy) is 2. The Morgan fingerprint density at radius 1 is 1.15 bits per heavy atom. The van der Waals surface area contributed by atoms with E-state index in [0.29, 0.717) is 0 Å². The molecule has 3 rings (SSSR count). The van der Waals surface area contributed by atoms with E-state index in [1.165, 1.54) is 19.9 Å². The largest absolute Gasteiger partial charge is 0.462 e. The van der Waals surface area contributed by atoms with Crippen LogP contribution >= 0.6 is 22.9 Å². The van der Waals surface area contributed by atoms with Crippen molar-refractivity contribution in [2.75, 3.05) is 18.5 Å². The van der Waals surface area contributed by atoms with E-state index in [9.17, 15) is 23.2 Å². The molecule has 0 aliphatic carbocycles. The summed E-state index contributed by atoms with van der Waals surface area (Å²) in [7, 11) is 0. The molecular weight excluding hydrogens is 482 g/mol. The first-order valence-corrected chi connectivity index (χ1v) is 10.9. The van der Waals surface area contributed by atoms with Gasteiger partial charge in [-0.1, -0.05) is 0 Å². The van der Waals surface area contributed by atoms with Crippen molar-refractivity contribution in [2.24, 2.45) is 0 Å². The number of alkyl halides is 3. The molecule has 0 aromatic carbocycles. The molecule has 0 fully saturated rings. The number of fused-ring (bicyclic) bond motifs is 1. The van der Waals surface area contributed by atoms with Gasteiger partial charge in [-0.25, -0.2) is 19.1 Å². The van der Waals surface area contributed by atoms with Crippen molar-refractivity contribution < 1.29 is 32.6 Å². The van der Waals surface area contributed by atoms with E-state index in [-0.39, 0.29) is 51.3 Å². The van der Waals surface area contributed by atoms with Gasteiger partial charge in [-0.15, -0.1) is 11.3 Å². The third-order valence-electron chi connectivity index (χ3n) is 4.39. The van der Waals surface area contributed by atoms with Crippen LogP contribution in [0.3, 0.4) is 0 Å². The van der Waals surface area contributed by atoms with Gasteiger partial charge in [0.05, 0.1) is 18.8 Å². The van der Waals surface area contributed by atoms with Gasteiger partial charge in [0.1, 0.15) is 15.6 Å². The molecule has 1 amide bonds. The Morgan fingerprint density at radius 3 is 2.39 bits per heavy atom. The monoisotopic (exact) mass is 500 g/mol. The molecule has 13 heteroatoms. The van der Waals surface area contributed by atoms with Crippen LogP contribution in [0.5, 0.6) is 0 Å². The number of anilines is 1. The Balaban J connectivity index is 2.03. The van der Waals surface area contributed by atoms with Crippen LogP contribution in [0, 0.1) is 13.8 Å². The summed E-state index contributed by atoms with van der Waals surface area (Å²) in [6.07, 6.45) is 0. The first kappa shape index (κ1) is 24.5. The van der Waals surface area contributed by atoms with E-state index >= 15 is 0 Å². The Morgan fingerprint density at radius 2 is 1.79 bits per heavy atom. The number of aryl methyl sites for hydroxylation is 1. The molecule has 3 heterocycles. The maximum atomic E-state index is 13.8. The normalized spacial score (nSPS) is 11.5. The molecule has 0 atom stereocenters.